The number of thioether (sulfide) groups is 1. The maximum absolute atomic E-state index is 12.0. The third-order valence-electron chi connectivity index (χ3n) is 2.88. The summed E-state index contributed by atoms with van der Waals surface area (Å²) in [4.78, 5) is 17.1. The summed E-state index contributed by atoms with van der Waals surface area (Å²) < 4.78 is 2.01. The summed E-state index contributed by atoms with van der Waals surface area (Å²) >= 11 is 8.12. The van der Waals surface area contributed by atoms with Crippen LogP contribution in [0.4, 0.5) is 5.69 Å². The molecule has 0 unspecified atom stereocenters. The highest BCUT2D eigenvalue weighted by atomic mass is 79.9. The lowest BCUT2D eigenvalue weighted by Crippen LogP contribution is -2.19. The number of hydrogen-bond acceptors (Lipinski definition) is 3. The summed E-state index contributed by atoms with van der Waals surface area (Å²) in [5.41, 5.74) is 1.78. The lowest BCUT2D eigenvalue weighted by atomic mass is 10.2. The maximum atomic E-state index is 12.0. The van der Waals surface area contributed by atoms with Crippen LogP contribution in [0.5, 0.6) is 0 Å². The average molecular weight is 438 g/mol. The van der Waals surface area contributed by atoms with Gasteiger partial charge < -0.3 is 5.32 Å². The normalized spacial score (nSPS) is 18.0. The number of amides is 1. The van der Waals surface area contributed by atoms with Crippen molar-refractivity contribution in [2.45, 2.75) is 0 Å². The van der Waals surface area contributed by atoms with E-state index in [2.05, 4.69) is 42.2 Å². The smallest absolute Gasteiger partial charge is 0.264 e. The minimum Gasteiger partial charge on any atom is -0.300 e. The molecule has 0 bridgehead atoms. The van der Waals surface area contributed by atoms with Crippen LogP contribution < -0.4 is 5.32 Å². The summed E-state index contributed by atoms with van der Waals surface area (Å²) in [6.45, 7) is 0. The van der Waals surface area contributed by atoms with Crippen LogP contribution in [0.15, 0.2) is 67.4 Å². The highest BCUT2D eigenvalue weighted by Gasteiger charge is 2.23. The van der Waals surface area contributed by atoms with Crippen LogP contribution >= 0.6 is 43.6 Å². The average Bonchev–Trinajstić information content (AvgIpc) is 2.84. The standard InChI is InChI=1S/C16H10Br2N2OS/c17-11-3-1-10(2-4-11)9-14-15(21)20-16(22-14)19-13-7-5-12(18)6-8-13/h1-9H,(H,19,20,21)/b14-9-. The highest BCUT2D eigenvalue weighted by molar-refractivity contribution is 9.10. The molecule has 1 aliphatic rings. The molecule has 0 radical (unpaired) electrons. The fourth-order valence-electron chi connectivity index (χ4n) is 1.82. The highest BCUT2D eigenvalue weighted by Crippen LogP contribution is 2.28. The van der Waals surface area contributed by atoms with Crippen molar-refractivity contribution in [3.05, 3.63) is 67.9 Å². The first kappa shape index (κ1) is 15.5. The SMILES string of the molecule is O=C1NC(=Nc2ccc(Br)cc2)S/C1=C\c1ccc(Br)cc1. The molecule has 1 heterocycles. The molecule has 2 aromatic rings. The Labute approximate surface area is 149 Å². The number of hydrogen-bond donors (Lipinski definition) is 1. The summed E-state index contributed by atoms with van der Waals surface area (Å²) in [5, 5.41) is 3.38. The predicted octanol–water partition coefficient (Wildman–Crippen LogP) is 5.10. The Kier molecular flexibility index (Phi) is 4.81. The van der Waals surface area contributed by atoms with Crippen molar-refractivity contribution in [3.8, 4) is 0 Å². The molecule has 0 spiro atoms. The van der Waals surface area contributed by atoms with Crippen molar-refractivity contribution in [3.63, 3.8) is 0 Å². The number of nitrogens with zero attached hydrogens (tertiary/aromatic N) is 1. The van der Waals surface area contributed by atoms with Crippen LogP contribution in [0, 0.1) is 0 Å². The fourth-order valence-corrected chi connectivity index (χ4v) is 3.19. The fraction of sp³-hybridized carbons (Fsp3) is 0. The molecule has 0 saturated carbocycles. The van der Waals surface area contributed by atoms with E-state index < -0.39 is 0 Å². The summed E-state index contributed by atoms with van der Waals surface area (Å²) in [6.07, 6.45) is 1.86. The largest absolute Gasteiger partial charge is 0.300 e. The van der Waals surface area contributed by atoms with Crippen molar-refractivity contribution in [2.24, 2.45) is 4.99 Å². The van der Waals surface area contributed by atoms with E-state index in [-0.39, 0.29) is 5.91 Å². The molecule has 110 valence electrons. The van der Waals surface area contributed by atoms with E-state index in [1.165, 1.54) is 11.8 Å². The van der Waals surface area contributed by atoms with Gasteiger partial charge in [0.1, 0.15) is 0 Å². The molecular formula is C16H10Br2N2OS. The van der Waals surface area contributed by atoms with Gasteiger partial charge in [-0.15, -0.1) is 0 Å². The number of halogens is 2. The molecular weight excluding hydrogens is 428 g/mol. The zero-order valence-corrected chi connectivity index (χ0v) is 15.2. The molecule has 3 nitrogen and oxygen atoms in total. The number of rotatable bonds is 2. The molecule has 22 heavy (non-hydrogen) atoms. The lowest BCUT2D eigenvalue weighted by molar-refractivity contribution is -0.115. The van der Waals surface area contributed by atoms with Crippen LogP contribution in [0.3, 0.4) is 0 Å². The van der Waals surface area contributed by atoms with Crippen molar-refractivity contribution < 1.29 is 4.79 Å². The number of aliphatic imine (C=N–C) groups is 1. The third-order valence-corrected chi connectivity index (χ3v) is 4.84. The zero-order chi connectivity index (χ0) is 15.5. The molecule has 1 amide bonds. The van der Waals surface area contributed by atoms with Gasteiger partial charge in [-0.3, -0.25) is 4.79 Å². The molecule has 0 aliphatic carbocycles. The van der Waals surface area contributed by atoms with Crippen LogP contribution in [0.2, 0.25) is 0 Å². The first-order chi connectivity index (χ1) is 10.6. The van der Waals surface area contributed by atoms with Gasteiger partial charge in [0.15, 0.2) is 5.17 Å². The topological polar surface area (TPSA) is 41.5 Å². The van der Waals surface area contributed by atoms with Gasteiger partial charge in [-0.1, -0.05) is 44.0 Å². The molecule has 3 rings (SSSR count). The van der Waals surface area contributed by atoms with Crippen LogP contribution in [0.25, 0.3) is 6.08 Å². The van der Waals surface area contributed by atoms with E-state index in [9.17, 15) is 4.79 Å². The Balaban J connectivity index is 1.80. The van der Waals surface area contributed by atoms with Gasteiger partial charge in [0.05, 0.1) is 10.6 Å². The van der Waals surface area contributed by atoms with Gasteiger partial charge in [0, 0.05) is 8.95 Å². The Hall–Kier alpha value is -1.37. The van der Waals surface area contributed by atoms with Gasteiger partial charge in [0.25, 0.3) is 5.91 Å². The minimum absolute atomic E-state index is 0.121. The van der Waals surface area contributed by atoms with Gasteiger partial charge in [-0.25, -0.2) is 4.99 Å². The quantitative estimate of drug-likeness (QED) is 0.663. The van der Waals surface area contributed by atoms with Crippen LogP contribution in [-0.4, -0.2) is 11.1 Å². The molecule has 1 N–H and O–H groups in total. The zero-order valence-electron chi connectivity index (χ0n) is 11.2. The Morgan fingerprint density at radius 1 is 0.955 bits per heavy atom. The Morgan fingerprint density at radius 2 is 1.55 bits per heavy atom. The van der Waals surface area contributed by atoms with Crippen molar-refractivity contribution in [1.29, 1.82) is 0 Å². The van der Waals surface area contributed by atoms with E-state index in [1.807, 2.05) is 54.6 Å². The molecule has 2 aromatic carbocycles. The Morgan fingerprint density at radius 3 is 2.18 bits per heavy atom. The number of amidine groups is 1. The Bertz CT molecular complexity index is 768. The summed E-state index contributed by atoms with van der Waals surface area (Å²) in [5.74, 6) is -0.121. The van der Waals surface area contributed by atoms with Crippen molar-refractivity contribution in [1.82, 2.24) is 5.32 Å². The molecule has 1 aliphatic heterocycles. The van der Waals surface area contributed by atoms with E-state index in [0.29, 0.717) is 10.1 Å². The van der Waals surface area contributed by atoms with E-state index >= 15 is 0 Å². The van der Waals surface area contributed by atoms with Gasteiger partial charge in [-0.2, -0.15) is 0 Å². The van der Waals surface area contributed by atoms with E-state index in [1.54, 1.807) is 0 Å². The van der Waals surface area contributed by atoms with Gasteiger partial charge in [0.2, 0.25) is 0 Å². The molecule has 0 atom stereocenters. The minimum atomic E-state index is -0.121. The second-order valence-electron chi connectivity index (χ2n) is 4.51. The second-order valence-corrected chi connectivity index (χ2v) is 7.37. The number of nitrogens with one attached hydrogen (secondary N) is 1. The number of carbonyl (C=O) groups excluding carboxylic acids is 1. The monoisotopic (exact) mass is 436 g/mol. The van der Waals surface area contributed by atoms with Gasteiger partial charge in [-0.05, 0) is 59.8 Å². The molecule has 1 saturated heterocycles. The molecule has 6 heteroatoms. The van der Waals surface area contributed by atoms with Crippen molar-refractivity contribution in [2.75, 3.05) is 0 Å². The number of carbonyl (C=O) groups is 1. The van der Waals surface area contributed by atoms with Gasteiger partial charge >= 0.3 is 0 Å². The van der Waals surface area contributed by atoms with Crippen LogP contribution in [0.1, 0.15) is 5.56 Å². The van der Waals surface area contributed by atoms with Crippen LogP contribution in [-0.2, 0) is 4.79 Å². The first-order valence-corrected chi connectivity index (χ1v) is 8.81. The van der Waals surface area contributed by atoms with E-state index in [0.717, 1.165) is 20.2 Å². The maximum Gasteiger partial charge on any atom is 0.264 e. The predicted molar refractivity (Wildman–Crippen MR) is 99.1 cm³/mol. The van der Waals surface area contributed by atoms with E-state index in [4.69, 9.17) is 0 Å². The second kappa shape index (κ2) is 6.81. The summed E-state index contributed by atoms with van der Waals surface area (Å²) in [6, 6.07) is 15.4. The summed E-state index contributed by atoms with van der Waals surface area (Å²) in [7, 11) is 0. The first-order valence-electron chi connectivity index (χ1n) is 6.41. The lowest BCUT2D eigenvalue weighted by Gasteiger charge is -1.96. The number of benzene rings is 2. The molecule has 1 fully saturated rings. The van der Waals surface area contributed by atoms with Crippen molar-refractivity contribution >= 4 is 66.5 Å². The third kappa shape index (κ3) is 3.88. The molecule has 0 aromatic heterocycles.